The maximum atomic E-state index is 12.0. The quantitative estimate of drug-likeness (QED) is 0.575. The van der Waals surface area contributed by atoms with Gasteiger partial charge in [-0.25, -0.2) is 4.98 Å². The van der Waals surface area contributed by atoms with Crippen LogP contribution in [0.2, 0.25) is 0 Å². The van der Waals surface area contributed by atoms with Crippen LogP contribution in [0.25, 0.3) is 11.0 Å². The highest BCUT2D eigenvalue weighted by Gasteiger charge is 2.18. The predicted octanol–water partition coefficient (Wildman–Crippen LogP) is 2.49. The fourth-order valence-corrected chi connectivity index (χ4v) is 2.41. The highest BCUT2D eigenvalue weighted by Crippen LogP contribution is 2.17. The predicted molar refractivity (Wildman–Crippen MR) is 81.9 cm³/mol. The van der Waals surface area contributed by atoms with Gasteiger partial charge in [0.25, 0.3) is 5.91 Å². The van der Waals surface area contributed by atoms with Gasteiger partial charge >= 0.3 is 5.88 Å². The van der Waals surface area contributed by atoms with Crippen LogP contribution in [0.4, 0.5) is 5.88 Å². The Morgan fingerprint density at radius 2 is 2.13 bits per heavy atom. The van der Waals surface area contributed by atoms with E-state index < -0.39 is 16.7 Å². The van der Waals surface area contributed by atoms with Gasteiger partial charge in [0.2, 0.25) is 0 Å². The van der Waals surface area contributed by atoms with E-state index in [-0.39, 0.29) is 12.3 Å². The lowest BCUT2D eigenvalue weighted by molar-refractivity contribution is -0.402. The number of furan rings is 1. The van der Waals surface area contributed by atoms with Crippen LogP contribution in [0.15, 0.2) is 40.8 Å². The molecule has 0 aliphatic rings. The van der Waals surface area contributed by atoms with E-state index in [1.54, 1.807) is 0 Å². The van der Waals surface area contributed by atoms with Gasteiger partial charge < -0.3 is 14.3 Å². The first-order chi connectivity index (χ1) is 11.1. The van der Waals surface area contributed by atoms with Crippen molar-refractivity contribution < 1.29 is 14.1 Å². The number of imidazole rings is 1. The topological polar surface area (TPSA) is 103 Å². The molecule has 0 unspecified atom stereocenters. The third kappa shape index (κ3) is 2.78. The molecule has 1 N–H and O–H groups in total. The second-order valence-electron chi connectivity index (χ2n) is 4.84. The summed E-state index contributed by atoms with van der Waals surface area (Å²) in [5.41, 5.74) is 1.85. The van der Waals surface area contributed by atoms with Gasteiger partial charge in [-0.1, -0.05) is 12.1 Å². The molecule has 8 nitrogen and oxygen atoms in total. The molecule has 1 amide bonds. The standard InChI is InChI=1S/C15H14N4O4/c1-2-18-11-6-4-3-5-10(11)17-13(18)9-16-15(20)12-7-8-14(23-12)19(21)22/h3-8H,2,9H2,1H3,(H,16,20). The number of aryl methyl sites for hydroxylation is 1. The van der Waals surface area contributed by atoms with Crippen molar-refractivity contribution in [3.05, 3.63) is 58.1 Å². The van der Waals surface area contributed by atoms with Crippen LogP contribution in [0, 0.1) is 10.1 Å². The SMILES string of the molecule is CCn1c(CNC(=O)c2ccc([N+](=O)[O-])o2)nc2ccccc21. The average molecular weight is 314 g/mol. The van der Waals surface area contributed by atoms with Crippen molar-refractivity contribution in [1.29, 1.82) is 0 Å². The van der Waals surface area contributed by atoms with Crippen molar-refractivity contribution in [3.63, 3.8) is 0 Å². The first-order valence-electron chi connectivity index (χ1n) is 7.06. The van der Waals surface area contributed by atoms with E-state index in [1.165, 1.54) is 6.07 Å². The molecule has 0 saturated heterocycles. The molecule has 0 aliphatic heterocycles. The number of nitrogens with one attached hydrogen (secondary N) is 1. The monoisotopic (exact) mass is 314 g/mol. The highest BCUT2D eigenvalue weighted by molar-refractivity contribution is 5.91. The van der Waals surface area contributed by atoms with Crippen molar-refractivity contribution in [2.75, 3.05) is 0 Å². The molecule has 23 heavy (non-hydrogen) atoms. The van der Waals surface area contributed by atoms with E-state index in [4.69, 9.17) is 4.42 Å². The molecule has 0 bridgehead atoms. The van der Waals surface area contributed by atoms with Crippen LogP contribution in [-0.2, 0) is 13.1 Å². The van der Waals surface area contributed by atoms with Gasteiger partial charge in [0.15, 0.2) is 5.76 Å². The van der Waals surface area contributed by atoms with Gasteiger partial charge in [0.1, 0.15) is 10.7 Å². The largest absolute Gasteiger partial charge is 0.433 e. The van der Waals surface area contributed by atoms with Gasteiger partial charge in [-0.3, -0.25) is 14.9 Å². The number of nitrogens with zero attached hydrogens (tertiary/aromatic N) is 3. The second-order valence-corrected chi connectivity index (χ2v) is 4.84. The minimum atomic E-state index is -0.687. The van der Waals surface area contributed by atoms with Crippen molar-refractivity contribution in [2.45, 2.75) is 20.0 Å². The Kier molecular flexibility index (Phi) is 3.80. The van der Waals surface area contributed by atoms with E-state index in [0.717, 1.165) is 23.6 Å². The molecular formula is C15H14N4O4. The van der Waals surface area contributed by atoms with Crippen molar-refractivity contribution in [3.8, 4) is 0 Å². The van der Waals surface area contributed by atoms with Gasteiger partial charge in [-0.2, -0.15) is 0 Å². The molecule has 0 aliphatic carbocycles. The van der Waals surface area contributed by atoms with E-state index >= 15 is 0 Å². The maximum absolute atomic E-state index is 12.0. The molecule has 2 aromatic heterocycles. The van der Waals surface area contributed by atoms with Crippen LogP contribution in [0.3, 0.4) is 0 Å². The zero-order valence-electron chi connectivity index (χ0n) is 12.4. The number of aromatic nitrogens is 2. The molecule has 3 rings (SSSR count). The van der Waals surface area contributed by atoms with Crippen molar-refractivity contribution in [1.82, 2.24) is 14.9 Å². The van der Waals surface area contributed by atoms with E-state index in [0.29, 0.717) is 5.82 Å². The number of carbonyl (C=O) groups excluding carboxylic acids is 1. The zero-order chi connectivity index (χ0) is 16.4. The summed E-state index contributed by atoms with van der Waals surface area (Å²) >= 11 is 0. The molecular weight excluding hydrogens is 300 g/mol. The third-order valence-electron chi connectivity index (χ3n) is 3.45. The normalized spacial score (nSPS) is 10.8. The van der Waals surface area contributed by atoms with Gasteiger partial charge in [-0.15, -0.1) is 0 Å². The first-order valence-corrected chi connectivity index (χ1v) is 7.06. The highest BCUT2D eigenvalue weighted by atomic mass is 16.6. The number of hydrogen-bond donors (Lipinski definition) is 1. The summed E-state index contributed by atoms with van der Waals surface area (Å²) in [6, 6.07) is 10.1. The Balaban J connectivity index is 1.77. The summed E-state index contributed by atoms with van der Waals surface area (Å²) in [6.45, 7) is 2.92. The third-order valence-corrected chi connectivity index (χ3v) is 3.45. The van der Waals surface area contributed by atoms with Gasteiger partial charge in [0, 0.05) is 6.54 Å². The minimum Gasteiger partial charge on any atom is -0.395 e. The first kappa shape index (κ1) is 14.8. The van der Waals surface area contributed by atoms with Crippen LogP contribution >= 0.6 is 0 Å². The molecule has 3 aromatic rings. The molecule has 2 heterocycles. The summed E-state index contributed by atoms with van der Waals surface area (Å²) in [5.74, 6) is -0.372. The van der Waals surface area contributed by atoms with E-state index in [1.807, 2.05) is 35.8 Å². The lowest BCUT2D eigenvalue weighted by atomic mass is 10.3. The summed E-state index contributed by atoms with van der Waals surface area (Å²) in [7, 11) is 0. The summed E-state index contributed by atoms with van der Waals surface area (Å²) < 4.78 is 6.87. The van der Waals surface area contributed by atoms with Crippen molar-refractivity contribution in [2.24, 2.45) is 0 Å². The number of hydrogen-bond acceptors (Lipinski definition) is 5. The molecule has 8 heteroatoms. The Hall–Kier alpha value is -3.16. The van der Waals surface area contributed by atoms with E-state index in [2.05, 4.69) is 10.3 Å². The van der Waals surface area contributed by atoms with Crippen LogP contribution in [0.1, 0.15) is 23.3 Å². The smallest absolute Gasteiger partial charge is 0.395 e. The van der Waals surface area contributed by atoms with Crippen LogP contribution in [0.5, 0.6) is 0 Å². The summed E-state index contributed by atoms with van der Waals surface area (Å²) in [4.78, 5) is 26.4. The lowest BCUT2D eigenvalue weighted by Crippen LogP contribution is -2.24. The molecule has 0 fully saturated rings. The van der Waals surface area contributed by atoms with Gasteiger partial charge in [0.05, 0.1) is 23.6 Å². The summed E-state index contributed by atoms with van der Waals surface area (Å²) in [5, 5.41) is 13.2. The van der Waals surface area contributed by atoms with Crippen LogP contribution in [-0.4, -0.2) is 20.4 Å². The van der Waals surface area contributed by atoms with Crippen LogP contribution < -0.4 is 5.32 Å². The average Bonchev–Trinajstić information content (AvgIpc) is 3.16. The zero-order valence-corrected chi connectivity index (χ0v) is 12.4. The number of rotatable bonds is 5. The maximum Gasteiger partial charge on any atom is 0.433 e. The molecule has 0 radical (unpaired) electrons. The number of benzene rings is 1. The fourth-order valence-electron chi connectivity index (χ4n) is 2.41. The lowest BCUT2D eigenvalue weighted by Gasteiger charge is -2.06. The molecule has 0 saturated carbocycles. The van der Waals surface area contributed by atoms with Crippen molar-refractivity contribution >= 4 is 22.8 Å². The van der Waals surface area contributed by atoms with Gasteiger partial charge in [-0.05, 0) is 25.1 Å². The number of fused-ring (bicyclic) bond motifs is 1. The summed E-state index contributed by atoms with van der Waals surface area (Å²) in [6.07, 6.45) is 0. The molecule has 0 spiro atoms. The number of para-hydroxylation sites is 2. The Bertz CT molecular complexity index is 881. The minimum absolute atomic E-state index is 0.101. The fraction of sp³-hybridized carbons (Fsp3) is 0.200. The second kappa shape index (κ2) is 5.91. The Labute approximate surface area is 130 Å². The number of nitro groups is 1. The Morgan fingerprint density at radius 3 is 2.83 bits per heavy atom. The molecule has 0 atom stereocenters. The van der Waals surface area contributed by atoms with E-state index in [9.17, 15) is 14.9 Å². The Morgan fingerprint density at radius 1 is 1.35 bits per heavy atom. The molecule has 118 valence electrons. The number of amides is 1. The number of carbonyl (C=O) groups is 1. The molecule has 1 aromatic carbocycles.